The van der Waals surface area contributed by atoms with E-state index in [9.17, 15) is 14.9 Å². The Balaban J connectivity index is 1.49. The van der Waals surface area contributed by atoms with Gasteiger partial charge in [0.1, 0.15) is 5.75 Å². The molecule has 156 valence electrons. The summed E-state index contributed by atoms with van der Waals surface area (Å²) in [6.45, 7) is 0. The van der Waals surface area contributed by atoms with Gasteiger partial charge in [-0.15, -0.1) is 11.3 Å². The van der Waals surface area contributed by atoms with E-state index in [2.05, 4.69) is 10.3 Å². The van der Waals surface area contributed by atoms with E-state index in [1.807, 2.05) is 36.4 Å². The van der Waals surface area contributed by atoms with Crippen LogP contribution in [0.25, 0.3) is 10.2 Å². The molecule has 0 bridgehead atoms. The van der Waals surface area contributed by atoms with Crippen LogP contribution in [0.4, 0.5) is 11.4 Å². The number of anilines is 1. The SMILES string of the molecule is COc1ccc([N+](=O)[O-])cc1CSc1nc2ccc(NC(=O)c3ccccc3)cc2s1. The smallest absolute Gasteiger partial charge is 0.270 e. The first kappa shape index (κ1) is 20.8. The lowest BCUT2D eigenvalue weighted by molar-refractivity contribution is -0.384. The summed E-state index contributed by atoms with van der Waals surface area (Å²) < 4.78 is 7.10. The molecule has 3 aromatic carbocycles. The summed E-state index contributed by atoms with van der Waals surface area (Å²) in [5.74, 6) is 0.921. The second kappa shape index (κ2) is 9.15. The summed E-state index contributed by atoms with van der Waals surface area (Å²) in [6, 6.07) is 19.2. The minimum Gasteiger partial charge on any atom is -0.496 e. The molecule has 4 rings (SSSR count). The van der Waals surface area contributed by atoms with Gasteiger partial charge in [0.15, 0.2) is 4.34 Å². The van der Waals surface area contributed by atoms with E-state index in [0.29, 0.717) is 22.8 Å². The van der Waals surface area contributed by atoms with Crippen molar-refractivity contribution in [2.45, 2.75) is 10.1 Å². The topological polar surface area (TPSA) is 94.4 Å². The normalized spacial score (nSPS) is 10.7. The Hall–Kier alpha value is -3.43. The lowest BCUT2D eigenvalue weighted by atomic mass is 10.2. The molecule has 0 saturated carbocycles. The molecule has 0 spiro atoms. The van der Waals surface area contributed by atoms with Crippen LogP contribution in [-0.4, -0.2) is 22.9 Å². The van der Waals surface area contributed by atoms with E-state index in [-0.39, 0.29) is 11.6 Å². The minimum absolute atomic E-state index is 0.0273. The van der Waals surface area contributed by atoms with Crippen molar-refractivity contribution in [1.82, 2.24) is 4.98 Å². The molecule has 9 heteroatoms. The number of aromatic nitrogens is 1. The van der Waals surface area contributed by atoms with Gasteiger partial charge in [0.25, 0.3) is 11.6 Å². The molecular weight excluding hydrogens is 434 g/mol. The third-order valence-corrected chi connectivity index (χ3v) is 6.70. The molecule has 0 atom stereocenters. The first-order valence-corrected chi connectivity index (χ1v) is 11.0. The molecule has 1 amide bonds. The van der Waals surface area contributed by atoms with Gasteiger partial charge in [-0.05, 0) is 36.4 Å². The van der Waals surface area contributed by atoms with Crippen molar-refractivity contribution in [1.29, 1.82) is 0 Å². The maximum atomic E-state index is 12.4. The van der Waals surface area contributed by atoms with Crippen LogP contribution in [0.15, 0.2) is 71.1 Å². The second-order valence-corrected chi connectivity index (χ2v) is 8.78. The quantitative estimate of drug-likeness (QED) is 0.218. The number of non-ortho nitro benzene ring substituents is 1. The Kier molecular flexibility index (Phi) is 6.15. The number of nitrogens with zero attached hydrogens (tertiary/aromatic N) is 2. The van der Waals surface area contributed by atoms with Gasteiger partial charge in [-0.2, -0.15) is 0 Å². The monoisotopic (exact) mass is 451 g/mol. The summed E-state index contributed by atoms with van der Waals surface area (Å²) in [6.07, 6.45) is 0. The molecule has 0 radical (unpaired) electrons. The first-order valence-electron chi connectivity index (χ1n) is 9.24. The van der Waals surface area contributed by atoms with E-state index in [1.54, 1.807) is 18.2 Å². The molecule has 0 unspecified atom stereocenters. The molecule has 7 nitrogen and oxygen atoms in total. The number of nitro groups is 1. The number of carbonyl (C=O) groups excluding carboxylic acids is 1. The summed E-state index contributed by atoms with van der Waals surface area (Å²) in [7, 11) is 1.54. The number of ether oxygens (including phenoxy) is 1. The Morgan fingerprint density at radius 1 is 1.16 bits per heavy atom. The van der Waals surface area contributed by atoms with E-state index in [0.717, 1.165) is 20.1 Å². The van der Waals surface area contributed by atoms with Crippen molar-refractivity contribution >= 4 is 50.6 Å². The third kappa shape index (κ3) is 4.84. The zero-order valence-electron chi connectivity index (χ0n) is 16.4. The standard InChI is InChI=1S/C22H17N3O4S2/c1-29-19-10-8-17(25(27)28)11-15(19)13-30-22-24-18-9-7-16(12-20(18)31-22)23-21(26)14-5-3-2-4-6-14/h2-12H,13H2,1H3,(H,23,26). The first-order chi connectivity index (χ1) is 15.0. The van der Waals surface area contributed by atoms with Gasteiger partial charge in [-0.3, -0.25) is 14.9 Å². The molecule has 0 fully saturated rings. The highest BCUT2D eigenvalue weighted by Gasteiger charge is 2.13. The Bertz CT molecular complexity index is 1260. The largest absolute Gasteiger partial charge is 0.496 e. The highest BCUT2D eigenvalue weighted by molar-refractivity contribution is 8.00. The number of rotatable bonds is 7. The van der Waals surface area contributed by atoms with Crippen molar-refractivity contribution in [3.05, 3.63) is 88.0 Å². The zero-order chi connectivity index (χ0) is 21.8. The number of fused-ring (bicyclic) bond motifs is 1. The minimum atomic E-state index is -0.420. The second-order valence-electron chi connectivity index (χ2n) is 6.52. The number of benzene rings is 3. The molecular formula is C22H17N3O4S2. The van der Waals surface area contributed by atoms with Crippen LogP contribution in [0, 0.1) is 10.1 Å². The maximum absolute atomic E-state index is 12.4. The molecule has 0 aliphatic heterocycles. The fourth-order valence-electron chi connectivity index (χ4n) is 2.97. The van der Waals surface area contributed by atoms with E-state index in [1.165, 1.54) is 42.3 Å². The van der Waals surface area contributed by atoms with Crippen LogP contribution in [0.1, 0.15) is 15.9 Å². The maximum Gasteiger partial charge on any atom is 0.270 e. The molecule has 1 aromatic heterocycles. The van der Waals surface area contributed by atoms with Crippen molar-refractivity contribution in [2.75, 3.05) is 12.4 Å². The third-order valence-electron chi connectivity index (χ3n) is 4.49. The van der Waals surface area contributed by atoms with Gasteiger partial charge in [0, 0.05) is 34.7 Å². The molecule has 0 saturated heterocycles. The predicted octanol–water partition coefficient (Wildman–Crippen LogP) is 5.76. The average Bonchev–Trinajstić information content (AvgIpc) is 3.20. The van der Waals surface area contributed by atoms with Crippen molar-refractivity contribution in [3.8, 4) is 5.75 Å². The number of nitro benzene ring substituents is 1. The highest BCUT2D eigenvalue weighted by atomic mass is 32.2. The van der Waals surface area contributed by atoms with E-state index >= 15 is 0 Å². The van der Waals surface area contributed by atoms with Crippen molar-refractivity contribution in [3.63, 3.8) is 0 Å². The number of hydrogen-bond donors (Lipinski definition) is 1. The van der Waals surface area contributed by atoms with Crippen LogP contribution in [0.2, 0.25) is 0 Å². The van der Waals surface area contributed by atoms with Crippen LogP contribution < -0.4 is 10.1 Å². The summed E-state index contributed by atoms with van der Waals surface area (Å²) >= 11 is 2.99. The molecule has 0 aliphatic rings. The average molecular weight is 452 g/mol. The van der Waals surface area contributed by atoms with Crippen LogP contribution in [0.3, 0.4) is 0 Å². The van der Waals surface area contributed by atoms with E-state index in [4.69, 9.17) is 4.74 Å². The molecule has 4 aromatic rings. The van der Waals surface area contributed by atoms with Gasteiger partial charge >= 0.3 is 0 Å². The van der Waals surface area contributed by atoms with Gasteiger partial charge < -0.3 is 10.1 Å². The van der Waals surface area contributed by atoms with Gasteiger partial charge in [0.05, 0.1) is 22.2 Å². The number of carbonyl (C=O) groups is 1. The van der Waals surface area contributed by atoms with Crippen molar-refractivity contribution < 1.29 is 14.5 Å². The lowest BCUT2D eigenvalue weighted by Crippen LogP contribution is -2.11. The molecule has 31 heavy (non-hydrogen) atoms. The zero-order valence-corrected chi connectivity index (χ0v) is 18.0. The van der Waals surface area contributed by atoms with Gasteiger partial charge in [-0.25, -0.2) is 4.98 Å². The number of methoxy groups -OCH3 is 1. The summed E-state index contributed by atoms with van der Waals surface area (Å²) in [5, 5.41) is 14.0. The van der Waals surface area contributed by atoms with Gasteiger partial charge in [-0.1, -0.05) is 30.0 Å². The molecule has 0 aliphatic carbocycles. The number of amides is 1. The van der Waals surface area contributed by atoms with Crippen LogP contribution in [-0.2, 0) is 5.75 Å². The number of hydrogen-bond acceptors (Lipinski definition) is 7. The predicted molar refractivity (Wildman–Crippen MR) is 123 cm³/mol. The number of nitrogens with one attached hydrogen (secondary N) is 1. The fourth-order valence-corrected chi connectivity index (χ4v) is 5.05. The lowest BCUT2D eigenvalue weighted by Gasteiger charge is -2.06. The Morgan fingerprint density at radius 2 is 1.97 bits per heavy atom. The van der Waals surface area contributed by atoms with E-state index < -0.39 is 4.92 Å². The molecule has 1 heterocycles. The molecule has 1 N–H and O–H groups in total. The number of thiazole rings is 1. The Labute approximate surface area is 186 Å². The Morgan fingerprint density at radius 3 is 2.71 bits per heavy atom. The van der Waals surface area contributed by atoms with Crippen LogP contribution in [0.5, 0.6) is 5.75 Å². The number of thioether (sulfide) groups is 1. The van der Waals surface area contributed by atoms with Crippen molar-refractivity contribution in [2.24, 2.45) is 0 Å². The highest BCUT2D eigenvalue weighted by Crippen LogP contribution is 2.35. The summed E-state index contributed by atoms with van der Waals surface area (Å²) in [5.41, 5.74) is 2.88. The van der Waals surface area contributed by atoms with Crippen LogP contribution >= 0.6 is 23.1 Å². The summed E-state index contributed by atoms with van der Waals surface area (Å²) in [4.78, 5) is 27.6. The van der Waals surface area contributed by atoms with Gasteiger partial charge in [0.2, 0.25) is 0 Å². The fraction of sp³-hybridized carbons (Fsp3) is 0.0909.